The van der Waals surface area contributed by atoms with Gasteiger partial charge in [0.05, 0.1) is 11.6 Å². The fourth-order valence-corrected chi connectivity index (χ4v) is 3.76. The zero-order chi connectivity index (χ0) is 26.6. The highest BCUT2D eigenvalue weighted by molar-refractivity contribution is 7.80. The molecule has 0 spiro atoms. The maximum atomic E-state index is 14.4. The molecular weight excluding hydrogens is 500 g/mol. The van der Waals surface area contributed by atoms with Crippen LogP contribution in [0.4, 0.5) is 34.8 Å². The molecule has 36 heavy (non-hydrogen) atoms. The first-order chi connectivity index (χ1) is 16.9. The number of aromatic nitrogens is 1. The molecule has 0 aliphatic rings. The number of halogens is 4. The number of nitrogens with one attached hydrogen (secondary N) is 1. The maximum Gasteiger partial charge on any atom is 0.433 e. The van der Waals surface area contributed by atoms with Gasteiger partial charge in [-0.1, -0.05) is 30.3 Å². The second-order valence-electron chi connectivity index (χ2n) is 7.94. The largest absolute Gasteiger partial charge is 0.755 e. The van der Waals surface area contributed by atoms with Crippen molar-refractivity contribution in [3.63, 3.8) is 0 Å². The lowest BCUT2D eigenvalue weighted by molar-refractivity contribution is -0.141. The summed E-state index contributed by atoms with van der Waals surface area (Å²) in [4.78, 5) is 18.1. The number of nitrogens with zero attached hydrogens (tertiary/aromatic N) is 3. The molecule has 0 aliphatic carbocycles. The van der Waals surface area contributed by atoms with E-state index in [4.69, 9.17) is 0 Å². The molecule has 2 aromatic carbocycles. The molecule has 0 saturated carbocycles. The second-order valence-corrected chi connectivity index (χ2v) is 8.92. The van der Waals surface area contributed by atoms with Crippen molar-refractivity contribution in [1.82, 2.24) is 10.3 Å². The molecule has 1 amide bonds. The Hall–Kier alpha value is -3.51. The Morgan fingerprint density at radius 1 is 1.11 bits per heavy atom. The van der Waals surface area contributed by atoms with Gasteiger partial charge in [-0.3, -0.25) is 9.00 Å². The fourth-order valence-electron chi connectivity index (χ4n) is 3.45. The summed E-state index contributed by atoms with van der Waals surface area (Å²) < 4.78 is 77.2. The first kappa shape index (κ1) is 27.1. The minimum Gasteiger partial charge on any atom is -0.755 e. The van der Waals surface area contributed by atoms with Gasteiger partial charge in [-0.05, 0) is 42.8 Å². The first-order valence-corrected chi connectivity index (χ1v) is 11.7. The van der Waals surface area contributed by atoms with E-state index in [0.29, 0.717) is 21.1 Å². The molecule has 2 unspecified atom stereocenters. The lowest BCUT2D eigenvalue weighted by Gasteiger charge is -2.23. The number of para-hydroxylation sites is 1. The van der Waals surface area contributed by atoms with Crippen molar-refractivity contribution in [2.24, 2.45) is 0 Å². The molecule has 12 heteroatoms. The van der Waals surface area contributed by atoms with Crippen LogP contribution < -0.4 is 14.5 Å². The Bertz CT molecular complexity index is 1260. The van der Waals surface area contributed by atoms with E-state index in [9.17, 15) is 31.1 Å². The van der Waals surface area contributed by atoms with Crippen LogP contribution in [-0.4, -0.2) is 33.7 Å². The zero-order valence-electron chi connectivity index (χ0n) is 19.5. The standard InChI is InChI=1S/C24H24F4N4O3S/c1-15(16-9-11-20(19(25)13-16)32(3)36(34)35)23(33)29-14-17-10-12-21(24(26,27)28)30-22(17)31(2)18-7-5-4-6-8-18/h4-13,15H,14H2,1-3H3,(H,29,33)(H,34,35)/p-1. The average Bonchev–Trinajstić information content (AvgIpc) is 2.85. The normalized spacial score (nSPS) is 13.1. The van der Waals surface area contributed by atoms with Crippen molar-refractivity contribution in [2.75, 3.05) is 23.3 Å². The number of carbonyl (C=O) groups excluding carboxylic acids is 1. The monoisotopic (exact) mass is 523 g/mol. The Morgan fingerprint density at radius 3 is 2.36 bits per heavy atom. The lowest BCUT2D eigenvalue weighted by Crippen LogP contribution is -2.29. The number of pyridine rings is 1. The Balaban J connectivity index is 1.82. The molecule has 1 N–H and O–H groups in total. The number of carbonyl (C=O) groups is 1. The summed E-state index contributed by atoms with van der Waals surface area (Å²) in [7, 11) is 2.75. The maximum absolute atomic E-state index is 14.4. The van der Waals surface area contributed by atoms with E-state index in [0.717, 1.165) is 12.1 Å². The fraction of sp³-hybridized carbons (Fsp3) is 0.250. The first-order valence-electron chi connectivity index (χ1n) is 10.7. The van der Waals surface area contributed by atoms with Gasteiger partial charge in [0.15, 0.2) is 0 Å². The number of alkyl halides is 3. The van der Waals surface area contributed by atoms with E-state index in [1.54, 1.807) is 37.4 Å². The van der Waals surface area contributed by atoms with Gasteiger partial charge < -0.3 is 19.1 Å². The van der Waals surface area contributed by atoms with E-state index >= 15 is 0 Å². The van der Waals surface area contributed by atoms with Gasteiger partial charge in [0, 0.05) is 43.2 Å². The van der Waals surface area contributed by atoms with Crippen LogP contribution in [0.15, 0.2) is 60.7 Å². The topological polar surface area (TPSA) is 88.6 Å². The van der Waals surface area contributed by atoms with Crippen molar-refractivity contribution >= 4 is 34.4 Å². The van der Waals surface area contributed by atoms with E-state index in [1.807, 2.05) is 0 Å². The predicted octanol–water partition coefficient (Wildman–Crippen LogP) is 4.66. The van der Waals surface area contributed by atoms with Crippen LogP contribution in [0.5, 0.6) is 0 Å². The Morgan fingerprint density at radius 2 is 1.78 bits per heavy atom. The molecule has 1 heterocycles. The zero-order valence-corrected chi connectivity index (χ0v) is 20.4. The molecule has 0 fully saturated rings. The number of hydrogen-bond acceptors (Lipinski definition) is 5. The van der Waals surface area contributed by atoms with Gasteiger partial charge >= 0.3 is 6.18 Å². The third-order valence-corrected chi connectivity index (χ3v) is 6.23. The highest BCUT2D eigenvalue weighted by Crippen LogP contribution is 2.32. The summed E-state index contributed by atoms with van der Waals surface area (Å²) in [6.07, 6.45) is -4.65. The second kappa shape index (κ2) is 11.0. The number of rotatable bonds is 8. The summed E-state index contributed by atoms with van der Waals surface area (Å²) in [5.41, 5.74) is -0.000763. The molecule has 7 nitrogen and oxygen atoms in total. The van der Waals surface area contributed by atoms with Gasteiger partial charge in [-0.15, -0.1) is 0 Å². The van der Waals surface area contributed by atoms with Crippen LogP contribution in [0.2, 0.25) is 0 Å². The van der Waals surface area contributed by atoms with Crippen LogP contribution in [-0.2, 0) is 28.8 Å². The molecule has 1 aromatic heterocycles. The van der Waals surface area contributed by atoms with E-state index in [2.05, 4.69) is 10.3 Å². The van der Waals surface area contributed by atoms with Crippen LogP contribution in [0, 0.1) is 5.82 Å². The molecule has 3 rings (SSSR count). The van der Waals surface area contributed by atoms with Crippen molar-refractivity contribution < 1.29 is 31.1 Å². The smallest absolute Gasteiger partial charge is 0.433 e. The minimum absolute atomic E-state index is 0.0213. The number of anilines is 3. The summed E-state index contributed by atoms with van der Waals surface area (Å²) in [5, 5.41) is 2.66. The SMILES string of the molecule is CC(C(=O)NCc1ccc(C(F)(F)F)nc1N(C)c1ccccc1)c1ccc(N(C)S(=O)[O-])c(F)c1. The Labute approximate surface area is 208 Å². The van der Waals surface area contributed by atoms with E-state index < -0.39 is 40.8 Å². The summed E-state index contributed by atoms with van der Waals surface area (Å²) >= 11 is -2.67. The molecule has 2 atom stereocenters. The quantitative estimate of drug-likeness (QED) is 0.343. The molecular formula is C24H23F4N4O3S-. The summed E-state index contributed by atoms with van der Waals surface area (Å²) in [6.45, 7) is 1.40. The molecule has 0 radical (unpaired) electrons. The minimum atomic E-state index is -4.65. The van der Waals surface area contributed by atoms with Crippen molar-refractivity contribution in [3.05, 3.63) is 83.3 Å². The molecule has 192 valence electrons. The highest BCUT2D eigenvalue weighted by Gasteiger charge is 2.33. The van der Waals surface area contributed by atoms with Crippen LogP contribution in [0.3, 0.4) is 0 Å². The molecule has 0 aliphatic heterocycles. The van der Waals surface area contributed by atoms with Gasteiger partial charge in [0.25, 0.3) is 0 Å². The van der Waals surface area contributed by atoms with E-state index in [1.165, 1.54) is 37.1 Å². The highest BCUT2D eigenvalue weighted by atomic mass is 32.2. The number of amides is 1. The van der Waals surface area contributed by atoms with E-state index in [-0.39, 0.29) is 18.1 Å². The summed E-state index contributed by atoms with van der Waals surface area (Å²) in [5.74, 6) is -2.13. The molecule has 3 aromatic rings. The lowest BCUT2D eigenvalue weighted by atomic mass is 9.99. The summed E-state index contributed by atoms with van der Waals surface area (Å²) in [6, 6.07) is 14.5. The average molecular weight is 524 g/mol. The van der Waals surface area contributed by atoms with Gasteiger partial charge in [0.2, 0.25) is 5.91 Å². The molecule has 0 saturated heterocycles. The van der Waals surface area contributed by atoms with Crippen LogP contribution >= 0.6 is 0 Å². The van der Waals surface area contributed by atoms with Gasteiger partial charge in [-0.25, -0.2) is 9.37 Å². The third kappa shape index (κ3) is 6.18. The van der Waals surface area contributed by atoms with Gasteiger partial charge in [-0.2, -0.15) is 13.2 Å². The van der Waals surface area contributed by atoms with Crippen molar-refractivity contribution in [2.45, 2.75) is 25.6 Å². The molecule has 0 bridgehead atoms. The van der Waals surface area contributed by atoms with Gasteiger partial charge in [0.1, 0.15) is 17.3 Å². The predicted molar refractivity (Wildman–Crippen MR) is 128 cm³/mol. The van der Waals surface area contributed by atoms with Crippen LogP contribution in [0.25, 0.3) is 0 Å². The Kier molecular flexibility index (Phi) is 8.31. The van der Waals surface area contributed by atoms with Crippen LogP contribution in [0.1, 0.15) is 29.7 Å². The van der Waals surface area contributed by atoms with Crippen molar-refractivity contribution in [3.8, 4) is 0 Å². The third-order valence-electron chi connectivity index (χ3n) is 5.59. The van der Waals surface area contributed by atoms with Crippen molar-refractivity contribution in [1.29, 1.82) is 0 Å². The number of benzene rings is 2. The number of hydrogen-bond donors (Lipinski definition) is 1.